The van der Waals surface area contributed by atoms with E-state index < -0.39 is 0 Å². The average molecular weight is 365 g/mol. The van der Waals surface area contributed by atoms with Crippen LogP contribution in [-0.2, 0) is 6.54 Å². The molecule has 1 aliphatic heterocycles. The predicted octanol–water partition coefficient (Wildman–Crippen LogP) is 4.49. The van der Waals surface area contributed by atoms with Crippen LogP contribution >= 0.6 is 11.8 Å². The van der Waals surface area contributed by atoms with E-state index in [0.717, 1.165) is 45.3 Å². The first-order valence-electron chi connectivity index (χ1n) is 8.76. The number of hydrogen-bond acceptors (Lipinski definition) is 4. The van der Waals surface area contributed by atoms with Crippen molar-refractivity contribution in [1.82, 2.24) is 0 Å². The second-order valence-electron chi connectivity index (χ2n) is 6.23. The molecule has 132 valence electrons. The van der Waals surface area contributed by atoms with Crippen LogP contribution in [0.25, 0.3) is 17.0 Å². The fourth-order valence-corrected chi connectivity index (χ4v) is 4.61. The van der Waals surface area contributed by atoms with Crippen LogP contribution in [0.5, 0.6) is 11.5 Å². The summed E-state index contributed by atoms with van der Waals surface area (Å²) in [6.45, 7) is 5.92. The molecule has 4 rings (SSSR count). The Kier molecular flexibility index (Phi) is 4.24. The van der Waals surface area contributed by atoms with Gasteiger partial charge in [0, 0.05) is 35.7 Å². The molecule has 0 atom stereocenters. The first kappa shape index (κ1) is 16.8. The summed E-state index contributed by atoms with van der Waals surface area (Å²) in [6.07, 6.45) is 2.20. The third-order valence-corrected chi connectivity index (χ3v) is 5.78. The molecule has 1 aromatic heterocycles. The average Bonchev–Trinajstić information content (AvgIpc) is 2.97. The van der Waals surface area contributed by atoms with Crippen LogP contribution in [0.3, 0.4) is 0 Å². The number of rotatable bonds is 3. The summed E-state index contributed by atoms with van der Waals surface area (Å²) in [5, 5.41) is 21.7. The molecule has 1 aliphatic rings. The number of benzene rings is 2. The molecule has 2 heterocycles. The summed E-state index contributed by atoms with van der Waals surface area (Å²) in [4.78, 5) is 3.38. The molecule has 0 bridgehead atoms. The summed E-state index contributed by atoms with van der Waals surface area (Å²) < 4.78 is 2.25. The summed E-state index contributed by atoms with van der Waals surface area (Å²) in [5.74, 6) is 0.572. The lowest BCUT2D eigenvalue weighted by Crippen LogP contribution is -2.36. The van der Waals surface area contributed by atoms with E-state index in [0.29, 0.717) is 0 Å². The Morgan fingerprint density at radius 1 is 1.00 bits per heavy atom. The second kappa shape index (κ2) is 6.57. The molecule has 0 saturated heterocycles. The molecule has 0 radical (unpaired) electrons. The number of aromatic hydroxyl groups is 2. The number of nitrogens with zero attached hydrogens (tertiary/aromatic N) is 2. The van der Waals surface area contributed by atoms with E-state index in [4.69, 9.17) is 0 Å². The van der Waals surface area contributed by atoms with Crippen LogP contribution < -0.4 is 9.47 Å². The number of pyridine rings is 1. The molecule has 3 aromatic rings. The number of thioether (sulfide) groups is 1. The molecule has 0 spiro atoms. The number of anilines is 1. The number of aromatic nitrogens is 1. The van der Waals surface area contributed by atoms with Crippen molar-refractivity contribution in [2.45, 2.75) is 25.3 Å². The van der Waals surface area contributed by atoms with Gasteiger partial charge in [0.05, 0.1) is 16.1 Å². The molecule has 0 amide bonds. The van der Waals surface area contributed by atoms with Crippen molar-refractivity contribution < 1.29 is 14.8 Å². The Hall–Kier alpha value is -2.66. The number of phenolic OH excluding ortho intramolecular Hbond substituents is 2. The highest BCUT2D eigenvalue weighted by atomic mass is 32.2. The van der Waals surface area contributed by atoms with E-state index in [1.807, 2.05) is 24.3 Å². The fourth-order valence-electron chi connectivity index (χ4n) is 3.45. The van der Waals surface area contributed by atoms with E-state index in [2.05, 4.69) is 35.5 Å². The molecule has 26 heavy (non-hydrogen) atoms. The van der Waals surface area contributed by atoms with Gasteiger partial charge in [-0.15, -0.1) is 0 Å². The maximum absolute atomic E-state index is 9.83. The van der Waals surface area contributed by atoms with E-state index in [-0.39, 0.29) is 11.5 Å². The molecular weight excluding hydrogens is 344 g/mol. The zero-order valence-electron chi connectivity index (χ0n) is 14.8. The standard InChI is InChI=1S/C21H20N2O2S/c1-3-22-15(6-5-14-11-16(24)7-9-18(14)22)12-21-23(4-2)19-13-17(25)8-10-20(19)26-21/h5-13H,3-4H2,1-2H3,(H-,24,25)/p+1. The molecule has 0 fully saturated rings. The topological polar surface area (TPSA) is 47.6 Å². The number of fused-ring (bicyclic) bond motifs is 2. The smallest absolute Gasteiger partial charge is 0.213 e. The monoisotopic (exact) mass is 365 g/mol. The molecular formula is C21H21N2O2S+. The Labute approximate surface area is 157 Å². The summed E-state index contributed by atoms with van der Waals surface area (Å²) >= 11 is 1.72. The summed E-state index contributed by atoms with van der Waals surface area (Å²) in [5.41, 5.74) is 3.27. The van der Waals surface area contributed by atoms with E-state index in [9.17, 15) is 10.2 Å². The Morgan fingerprint density at radius 2 is 1.77 bits per heavy atom. The third kappa shape index (κ3) is 2.78. The van der Waals surface area contributed by atoms with Gasteiger partial charge in [-0.05, 0) is 44.2 Å². The number of aryl methyl sites for hydroxylation is 1. The predicted molar refractivity (Wildman–Crippen MR) is 106 cm³/mol. The van der Waals surface area contributed by atoms with Crippen molar-refractivity contribution in [1.29, 1.82) is 0 Å². The number of phenols is 2. The van der Waals surface area contributed by atoms with Crippen LogP contribution in [0.1, 0.15) is 19.5 Å². The molecule has 4 nitrogen and oxygen atoms in total. The van der Waals surface area contributed by atoms with Crippen molar-refractivity contribution in [3.05, 3.63) is 59.3 Å². The molecule has 0 aliphatic carbocycles. The molecule has 5 heteroatoms. The van der Waals surface area contributed by atoms with E-state index in [1.54, 1.807) is 30.0 Å². The Bertz CT molecular complexity index is 1030. The van der Waals surface area contributed by atoms with Crippen LogP contribution in [-0.4, -0.2) is 16.8 Å². The van der Waals surface area contributed by atoms with Crippen LogP contribution in [0.15, 0.2) is 58.5 Å². The highest BCUT2D eigenvalue weighted by Crippen LogP contribution is 2.47. The van der Waals surface area contributed by atoms with E-state index in [1.165, 1.54) is 0 Å². The number of hydrogen-bond donors (Lipinski definition) is 2. The van der Waals surface area contributed by atoms with Crippen LogP contribution in [0, 0.1) is 0 Å². The highest BCUT2D eigenvalue weighted by Gasteiger charge is 2.26. The molecule has 2 N–H and O–H groups in total. The third-order valence-electron chi connectivity index (χ3n) is 4.66. The lowest BCUT2D eigenvalue weighted by atomic mass is 10.1. The van der Waals surface area contributed by atoms with Crippen molar-refractivity contribution in [3.63, 3.8) is 0 Å². The van der Waals surface area contributed by atoms with Gasteiger partial charge in [0.2, 0.25) is 11.2 Å². The van der Waals surface area contributed by atoms with Gasteiger partial charge in [-0.1, -0.05) is 11.8 Å². The maximum Gasteiger partial charge on any atom is 0.213 e. The normalized spacial score (nSPS) is 15.0. The minimum atomic E-state index is 0.282. The summed E-state index contributed by atoms with van der Waals surface area (Å²) in [7, 11) is 0. The SMILES string of the molecule is CCN1/C(=C/c2ccc3cc(O)ccc3[n+]2CC)Sc2ccc(O)cc21. The van der Waals surface area contributed by atoms with Gasteiger partial charge in [0.1, 0.15) is 18.0 Å². The maximum atomic E-state index is 9.83. The van der Waals surface area contributed by atoms with Gasteiger partial charge >= 0.3 is 0 Å². The van der Waals surface area contributed by atoms with Crippen LogP contribution in [0.4, 0.5) is 5.69 Å². The first-order chi connectivity index (χ1) is 12.6. The van der Waals surface area contributed by atoms with Crippen molar-refractivity contribution in [3.8, 4) is 11.5 Å². The zero-order valence-corrected chi connectivity index (χ0v) is 15.6. The molecule has 2 aromatic carbocycles. The van der Waals surface area contributed by atoms with Crippen molar-refractivity contribution >= 4 is 34.4 Å². The first-order valence-corrected chi connectivity index (χ1v) is 9.58. The Balaban J connectivity index is 1.82. The molecule has 0 unspecified atom stereocenters. The van der Waals surface area contributed by atoms with Gasteiger partial charge in [0.15, 0.2) is 0 Å². The highest BCUT2D eigenvalue weighted by molar-refractivity contribution is 8.03. The van der Waals surface area contributed by atoms with Crippen molar-refractivity contribution in [2.75, 3.05) is 11.4 Å². The van der Waals surface area contributed by atoms with Gasteiger partial charge in [-0.2, -0.15) is 4.57 Å². The fraction of sp³-hybridized carbons (Fsp3) is 0.190. The van der Waals surface area contributed by atoms with Gasteiger partial charge in [-0.3, -0.25) is 0 Å². The van der Waals surface area contributed by atoms with Gasteiger partial charge in [0.25, 0.3) is 0 Å². The van der Waals surface area contributed by atoms with Gasteiger partial charge < -0.3 is 15.1 Å². The minimum Gasteiger partial charge on any atom is -0.508 e. The van der Waals surface area contributed by atoms with Crippen molar-refractivity contribution in [2.24, 2.45) is 0 Å². The minimum absolute atomic E-state index is 0.282. The Morgan fingerprint density at radius 3 is 2.54 bits per heavy atom. The molecule has 0 saturated carbocycles. The quantitative estimate of drug-likeness (QED) is 0.672. The van der Waals surface area contributed by atoms with Gasteiger partial charge in [-0.25, -0.2) is 0 Å². The zero-order chi connectivity index (χ0) is 18.3. The largest absolute Gasteiger partial charge is 0.508 e. The van der Waals surface area contributed by atoms with E-state index >= 15 is 0 Å². The lowest BCUT2D eigenvalue weighted by molar-refractivity contribution is -0.669. The lowest BCUT2D eigenvalue weighted by Gasteiger charge is -2.17. The summed E-state index contributed by atoms with van der Waals surface area (Å²) in [6, 6.07) is 15.1. The van der Waals surface area contributed by atoms with Crippen LogP contribution in [0.2, 0.25) is 0 Å². The second-order valence-corrected chi connectivity index (χ2v) is 7.29.